The minimum absolute atomic E-state index is 0.0398. The van der Waals surface area contributed by atoms with E-state index in [4.69, 9.17) is 10.00 Å². The van der Waals surface area contributed by atoms with E-state index in [1.54, 1.807) is 26.1 Å². The first-order valence-electron chi connectivity index (χ1n) is 5.53. The summed E-state index contributed by atoms with van der Waals surface area (Å²) in [6.07, 6.45) is 0.522. The SMILES string of the molecule is CNC(C#N)CCOc1ccc(C)c([N+](=O)[O-])c1. The van der Waals surface area contributed by atoms with Crippen LogP contribution in [0.5, 0.6) is 5.75 Å². The highest BCUT2D eigenvalue weighted by Gasteiger charge is 2.12. The molecule has 0 fully saturated rings. The van der Waals surface area contributed by atoms with Crippen LogP contribution in [0.1, 0.15) is 12.0 Å². The van der Waals surface area contributed by atoms with Gasteiger partial charge in [0.1, 0.15) is 5.75 Å². The molecule has 6 nitrogen and oxygen atoms in total. The molecule has 0 radical (unpaired) electrons. The lowest BCUT2D eigenvalue weighted by molar-refractivity contribution is -0.385. The van der Waals surface area contributed by atoms with Gasteiger partial charge in [-0.1, -0.05) is 0 Å². The van der Waals surface area contributed by atoms with E-state index in [-0.39, 0.29) is 11.7 Å². The lowest BCUT2D eigenvalue weighted by Gasteiger charge is -2.09. The number of rotatable bonds is 6. The van der Waals surface area contributed by atoms with Gasteiger partial charge < -0.3 is 10.1 Å². The van der Waals surface area contributed by atoms with E-state index in [9.17, 15) is 10.1 Å². The number of hydrogen-bond donors (Lipinski definition) is 1. The van der Waals surface area contributed by atoms with Crippen LogP contribution < -0.4 is 10.1 Å². The number of hydrogen-bond acceptors (Lipinski definition) is 5. The highest BCUT2D eigenvalue weighted by atomic mass is 16.6. The van der Waals surface area contributed by atoms with E-state index >= 15 is 0 Å². The van der Waals surface area contributed by atoms with Crippen molar-refractivity contribution in [2.45, 2.75) is 19.4 Å². The molecule has 1 aromatic carbocycles. The van der Waals surface area contributed by atoms with Crippen molar-refractivity contribution in [3.8, 4) is 11.8 Å². The maximum Gasteiger partial charge on any atom is 0.275 e. The number of nitro benzene ring substituents is 1. The Morgan fingerprint density at radius 1 is 1.61 bits per heavy atom. The van der Waals surface area contributed by atoms with Gasteiger partial charge in [-0.3, -0.25) is 10.1 Å². The minimum atomic E-state index is -0.437. The van der Waals surface area contributed by atoms with Crippen molar-refractivity contribution in [1.29, 1.82) is 5.26 Å². The summed E-state index contributed by atoms with van der Waals surface area (Å²) in [5.74, 6) is 0.445. The van der Waals surface area contributed by atoms with E-state index in [2.05, 4.69) is 11.4 Å². The molecule has 1 unspecified atom stereocenters. The van der Waals surface area contributed by atoms with Crippen LogP contribution in [0.4, 0.5) is 5.69 Å². The Labute approximate surface area is 105 Å². The normalized spacial score (nSPS) is 11.6. The van der Waals surface area contributed by atoms with Crippen LogP contribution in [0.2, 0.25) is 0 Å². The molecule has 0 heterocycles. The maximum absolute atomic E-state index is 10.7. The van der Waals surface area contributed by atoms with Crippen molar-refractivity contribution in [3.63, 3.8) is 0 Å². The zero-order valence-corrected chi connectivity index (χ0v) is 10.3. The molecule has 0 amide bonds. The fourth-order valence-electron chi connectivity index (χ4n) is 1.44. The average Bonchev–Trinajstić information content (AvgIpc) is 2.36. The van der Waals surface area contributed by atoms with Crippen molar-refractivity contribution in [2.24, 2.45) is 0 Å². The molecule has 18 heavy (non-hydrogen) atoms. The first kappa shape index (κ1) is 13.9. The van der Waals surface area contributed by atoms with Gasteiger partial charge in [-0.05, 0) is 26.1 Å². The van der Waals surface area contributed by atoms with Crippen LogP contribution in [-0.2, 0) is 0 Å². The molecule has 0 saturated carbocycles. The lowest BCUT2D eigenvalue weighted by atomic mass is 10.2. The third-order valence-corrected chi connectivity index (χ3v) is 2.56. The summed E-state index contributed by atoms with van der Waals surface area (Å²) in [6, 6.07) is 6.53. The van der Waals surface area contributed by atoms with Gasteiger partial charge in [0.15, 0.2) is 0 Å². The molecule has 1 N–H and O–H groups in total. The van der Waals surface area contributed by atoms with Gasteiger partial charge in [0, 0.05) is 12.0 Å². The smallest absolute Gasteiger partial charge is 0.275 e. The Morgan fingerprint density at radius 2 is 2.33 bits per heavy atom. The molecule has 6 heteroatoms. The molecule has 96 valence electrons. The monoisotopic (exact) mass is 249 g/mol. The highest BCUT2D eigenvalue weighted by Crippen LogP contribution is 2.23. The van der Waals surface area contributed by atoms with Gasteiger partial charge in [-0.15, -0.1) is 0 Å². The van der Waals surface area contributed by atoms with Crippen molar-refractivity contribution in [1.82, 2.24) is 5.32 Å². The van der Waals surface area contributed by atoms with Crippen molar-refractivity contribution < 1.29 is 9.66 Å². The summed E-state index contributed by atoms with van der Waals surface area (Å²) < 4.78 is 5.39. The Bertz CT molecular complexity index is 468. The lowest BCUT2D eigenvalue weighted by Crippen LogP contribution is -2.25. The van der Waals surface area contributed by atoms with E-state index < -0.39 is 4.92 Å². The van der Waals surface area contributed by atoms with Crippen LogP contribution in [0, 0.1) is 28.4 Å². The van der Waals surface area contributed by atoms with Gasteiger partial charge in [0.2, 0.25) is 0 Å². The van der Waals surface area contributed by atoms with Crippen LogP contribution in [0.25, 0.3) is 0 Å². The van der Waals surface area contributed by atoms with Crippen LogP contribution in [-0.4, -0.2) is 24.6 Å². The predicted octanol–water partition coefficient (Wildman–Crippen LogP) is 1.78. The third kappa shape index (κ3) is 3.71. The number of aryl methyl sites for hydroxylation is 1. The van der Waals surface area contributed by atoms with Crippen LogP contribution in [0.15, 0.2) is 18.2 Å². The van der Waals surface area contributed by atoms with Gasteiger partial charge in [-0.25, -0.2) is 0 Å². The molecule has 0 aliphatic carbocycles. The first-order valence-corrected chi connectivity index (χ1v) is 5.53. The molecule has 0 aromatic heterocycles. The standard InChI is InChI=1S/C12H15N3O3/c1-9-3-4-11(7-12(9)15(16)17)18-6-5-10(8-13)14-2/h3-4,7,10,14H,5-6H2,1-2H3. The minimum Gasteiger partial charge on any atom is -0.493 e. The van der Waals surface area contributed by atoms with E-state index in [1.807, 2.05) is 0 Å². The summed E-state index contributed by atoms with van der Waals surface area (Å²) in [5.41, 5.74) is 0.635. The van der Waals surface area contributed by atoms with E-state index in [0.717, 1.165) is 0 Å². The van der Waals surface area contributed by atoms with E-state index in [0.29, 0.717) is 24.3 Å². The topological polar surface area (TPSA) is 88.2 Å². The molecular formula is C12H15N3O3. The molecule has 1 rings (SSSR count). The second-order valence-corrected chi connectivity index (χ2v) is 3.81. The first-order chi connectivity index (χ1) is 8.58. The Balaban J connectivity index is 2.61. The Morgan fingerprint density at radius 3 is 2.89 bits per heavy atom. The van der Waals surface area contributed by atoms with Crippen molar-refractivity contribution >= 4 is 5.69 Å². The molecule has 0 aliphatic heterocycles. The Hall–Kier alpha value is -2.13. The molecular weight excluding hydrogens is 234 g/mol. The van der Waals surface area contributed by atoms with Gasteiger partial charge in [0.05, 0.1) is 29.7 Å². The number of nitrogens with one attached hydrogen (secondary N) is 1. The maximum atomic E-state index is 10.7. The molecule has 0 aliphatic rings. The third-order valence-electron chi connectivity index (χ3n) is 2.56. The number of nitriles is 1. The average molecular weight is 249 g/mol. The van der Waals surface area contributed by atoms with Crippen LogP contribution in [0.3, 0.4) is 0 Å². The van der Waals surface area contributed by atoms with Crippen molar-refractivity contribution in [3.05, 3.63) is 33.9 Å². The second kappa shape index (κ2) is 6.57. The molecule has 0 bridgehead atoms. The number of ether oxygens (including phenoxy) is 1. The van der Waals surface area contributed by atoms with Crippen LogP contribution >= 0.6 is 0 Å². The van der Waals surface area contributed by atoms with Gasteiger partial charge >= 0.3 is 0 Å². The molecule has 0 spiro atoms. The largest absolute Gasteiger partial charge is 0.493 e. The zero-order valence-electron chi connectivity index (χ0n) is 10.3. The summed E-state index contributed by atoms with van der Waals surface area (Å²) in [6.45, 7) is 2.01. The fourth-order valence-corrected chi connectivity index (χ4v) is 1.44. The number of nitrogens with zero attached hydrogens (tertiary/aromatic N) is 2. The number of benzene rings is 1. The van der Waals surface area contributed by atoms with Crippen molar-refractivity contribution in [2.75, 3.05) is 13.7 Å². The summed E-state index contributed by atoms with van der Waals surface area (Å²) in [4.78, 5) is 10.3. The van der Waals surface area contributed by atoms with Gasteiger partial charge in [0.25, 0.3) is 5.69 Å². The number of nitro groups is 1. The summed E-state index contributed by atoms with van der Waals surface area (Å²) in [7, 11) is 1.70. The second-order valence-electron chi connectivity index (χ2n) is 3.81. The zero-order chi connectivity index (χ0) is 13.5. The highest BCUT2D eigenvalue weighted by molar-refractivity contribution is 5.45. The van der Waals surface area contributed by atoms with Gasteiger partial charge in [-0.2, -0.15) is 5.26 Å². The summed E-state index contributed by atoms with van der Waals surface area (Å²) in [5, 5.41) is 22.3. The molecule has 1 atom stereocenters. The quantitative estimate of drug-likeness (QED) is 0.613. The Kier molecular flexibility index (Phi) is 5.08. The molecule has 1 aromatic rings. The van der Waals surface area contributed by atoms with E-state index in [1.165, 1.54) is 6.07 Å². The summed E-state index contributed by atoms with van der Waals surface area (Å²) >= 11 is 0. The fraction of sp³-hybridized carbons (Fsp3) is 0.417. The molecule has 0 saturated heterocycles. The predicted molar refractivity (Wildman–Crippen MR) is 66.4 cm³/mol.